The van der Waals surface area contributed by atoms with E-state index in [0.29, 0.717) is 40.3 Å². The molecule has 3 rings (SSSR count). The number of nitrogens with one attached hydrogen (secondary N) is 1. The molecule has 0 fully saturated rings. The van der Waals surface area contributed by atoms with E-state index >= 15 is 0 Å². The first-order chi connectivity index (χ1) is 15.5. The van der Waals surface area contributed by atoms with Crippen molar-refractivity contribution < 1.29 is 23.7 Å². The minimum atomic E-state index is -0.337. The highest BCUT2D eigenvalue weighted by Gasteiger charge is 2.12. The van der Waals surface area contributed by atoms with Crippen molar-refractivity contribution in [1.29, 1.82) is 0 Å². The lowest BCUT2D eigenvalue weighted by atomic mass is 10.2. The van der Waals surface area contributed by atoms with Crippen LogP contribution in [0.2, 0.25) is 5.02 Å². The number of methoxy groups -OCH3 is 3. The standard InChI is InChI=1S/C25H24ClNO5/c1-29-22-15-20(23(30-2)14-19(22)26)27-25(28)12-10-17-9-11-21(24(13-17)31-3)32-16-18-7-5-4-6-8-18/h4-15H,16H2,1-3H3,(H,27,28). The van der Waals surface area contributed by atoms with Crippen molar-refractivity contribution in [1.82, 2.24) is 0 Å². The lowest BCUT2D eigenvalue weighted by molar-refractivity contribution is -0.111. The maximum atomic E-state index is 12.4. The molecule has 6 nitrogen and oxygen atoms in total. The molecule has 1 amide bonds. The summed E-state index contributed by atoms with van der Waals surface area (Å²) in [6.45, 7) is 0.432. The summed E-state index contributed by atoms with van der Waals surface area (Å²) in [6, 6.07) is 18.5. The third kappa shape index (κ3) is 5.95. The van der Waals surface area contributed by atoms with E-state index in [2.05, 4.69) is 5.32 Å². The summed E-state index contributed by atoms with van der Waals surface area (Å²) in [6.07, 6.45) is 3.10. The molecule has 0 heterocycles. The predicted molar refractivity (Wildman–Crippen MR) is 126 cm³/mol. The first-order valence-corrected chi connectivity index (χ1v) is 10.2. The summed E-state index contributed by atoms with van der Waals surface area (Å²) in [4.78, 5) is 12.4. The lowest BCUT2D eigenvalue weighted by Crippen LogP contribution is -2.09. The smallest absolute Gasteiger partial charge is 0.248 e. The number of carbonyl (C=O) groups is 1. The Labute approximate surface area is 192 Å². The average molecular weight is 454 g/mol. The van der Waals surface area contributed by atoms with Crippen LogP contribution in [0.1, 0.15) is 11.1 Å². The Bertz CT molecular complexity index is 1100. The van der Waals surface area contributed by atoms with Gasteiger partial charge in [-0.2, -0.15) is 0 Å². The second-order valence-corrected chi connectivity index (χ2v) is 7.10. The minimum absolute atomic E-state index is 0.337. The van der Waals surface area contributed by atoms with Crippen LogP contribution in [0.5, 0.6) is 23.0 Å². The molecule has 3 aromatic carbocycles. The normalized spacial score (nSPS) is 10.6. The van der Waals surface area contributed by atoms with Crippen molar-refractivity contribution in [2.75, 3.05) is 26.6 Å². The molecule has 0 spiro atoms. The predicted octanol–water partition coefficient (Wildman–Crippen LogP) is 5.60. The zero-order chi connectivity index (χ0) is 22.9. The molecule has 0 atom stereocenters. The number of rotatable bonds is 9. The van der Waals surface area contributed by atoms with Crippen LogP contribution in [-0.2, 0) is 11.4 Å². The number of hydrogen-bond donors (Lipinski definition) is 1. The lowest BCUT2D eigenvalue weighted by Gasteiger charge is -2.12. The molecule has 7 heteroatoms. The molecule has 1 N–H and O–H groups in total. The highest BCUT2D eigenvalue weighted by Crippen LogP contribution is 2.36. The van der Waals surface area contributed by atoms with Crippen LogP contribution < -0.4 is 24.3 Å². The van der Waals surface area contributed by atoms with E-state index < -0.39 is 0 Å². The average Bonchev–Trinajstić information content (AvgIpc) is 2.83. The van der Waals surface area contributed by atoms with Crippen LogP contribution in [-0.4, -0.2) is 27.2 Å². The van der Waals surface area contributed by atoms with E-state index in [1.165, 1.54) is 20.3 Å². The number of ether oxygens (including phenoxy) is 4. The molecule has 0 radical (unpaired) electrons. The zero-order valence-electron chi connectivity index (χ0n) is 18.1. The largest absolute Gasteiger partial charge is 0.495 e. The summed E-state index contributed by atoms with van der Waals surface area (Å²) in [5, 5.41) is 3.16. The molecule has 0 aliphatic carbocycles. The zero-order valence-corrected chi connectivity index (χ0v) is 18.8. The van der Waals surface area contributed by atoms with Crippen LogP contribution in [0.15, 0.2) is 66.7 Å². The van der Waals surface area contributed by atoms with Crippen molar-refractivity contribution in [3.8, 4) is 23.0 Å². The first kappa shape index (κ1) is 23.0. The van der Waals surface area contributed by atoms with Gasteiger partial charge in [-0.1, -0.05) is 48.0 Å². The van der Waals surface area contributed by atoms with Crippen molar-refractivity contribution in [2.45, 2.75) is 6.61 Å². The van der Waals surface area contributed by atoms with Gasteiger partial charge in [-0.3, -0.25) is 4.79 Å². The van der Waals surface area contributed by atoms with Crippen molar-refractivity contribution in [3.63, 3.8) is 0 Å². The number of benzene rings is 3. The van der Waals surface area contributed by atoms with Gasteiger partial charge in [-0.05, 0) is 29.3 Å². The van der Waals surface area contributed by atoms with Gasteiger partial charge in [-0.25, -0.2) is 0 Å². The van der Waals surface area contributed by atoms with Gasteiger partial charge in [-0.15, -0.1) is 0 Å². The summed E-state index contributed by atoms with van der Waals surface area (Å²) in [5.41, 5.74) is 2.29. The Morgan fingerprint density at radius 2 is 1.59 bits per heavy atom. The van der Waals surface area contributed by atoms with Gasteiger partial charge in [0.1, 0.15) is 18.1 Å². The molecule has 32 heavy (non-hydrogen) atoms. The fourth-order valence-electron chi connectivity index (χ4n) is 2.95. The number of hydrogen-bond acceptors (Lipinski definition) is 5. The summed E-state index contributed by atoms with van der Waals surface area (Å²) in [5.74, 6) is 1.72. The molecule has 0 saturated heterocycles. The summed E-state index contributed by atoms with van der Waals surface area (Å²) >= 11 is 6.10. The molecule has 166 valence electrons. The highest BCUT2D eigenvalue weighted by molar-refractivity contribution is 6.32. The monoisotopic (exact) mass is 453 g/mol. The summed E-state index contributed by atoms with van der Waals surface area (Å²) < 4.78 is 21.8. The van der Waals surface area contributed by atoms with Gasteiger partial charge in [0.25, 0.3) is 0 Å². The molecule has 0 bridgehead atoms. The molecule has 0 aliphatic rings. The Hall–Kier alpha value is -3.64. The number of anilines is 1. The van der Waals surface area contributed by atoms with Crippen LogP contribution in [0.25, 0.3) is 6.08 Å². The number of carbonyl (C=O) groups excluding carboxylic acids is 1. The Morgan fingerprint density at radius 1 is 0.875 bits per heavy atom. The van der Waals surface area contributed by atoms with Gasteiger partial charge in [0.2, 0.25) is 5.91 Å². The molecule has 0 unspecified atom stereocenters. The van der Waals surface area contributed by atoms with E-state index in [1.54, 1.807) is 31.4 Å². The second kappa shape index (κ2) is 11.1. The third-order valence-corrected chi connectivity index (χ3v) is 4.88. The Kier molecular flexibility index (Phi) is 8.00. The number of halogens is 1. The van der Waals surface area contributed by atoms with Gasteiger partial charge in [0, 0.05) is 18.2 Å². The molecule has 0 saturated carbocycles. The second-order valence-electron chi connectivity index (χ2n) is 6.69. The van der Waals surface area contributed by atoms with Crippen LogP contribution in [0.4, 0.5) is 5.69 Å². The molecular formula is C25H24ClNO5. The topological polar surface area (TPSA) is 66.0 Å². The van der Waals surface area contributed by atoms with Crippen LogP contribution >= 0.6 is 11.6 Å². The molecule has 0 aliphatic heterocycles. The van der Waals surface area contributed by atoms with E-state index in [9.17, 15) is 4.79 Å². The molecular weight excluding hydrogens is 430 g/mol. The van der Waals surface area contributed by atoms with E-state index in [-0.39, 0.29) is 5.91 Å². The van der Waals surface area contributed by atoms with E-state index in [4.69, 9.17) is 30.5 Å². The summed E-state index contributed by atoms with van der Waals surface area (Å²) in [7, 11) is 4.57. The molecule has 3 aromatic rings. The van der Waals surface area contributed by atoms with Gasteiger partial charge < -0.3 is 24.3 Å². The molecule has 0 aromatic heterocycles. The maximum absolute atomic E-state index is 12.4. The Balaban J connectivity index is 1.69. The van der Waals surface area contributed by atoms with Crippen molar-refractivity contribution >= 4 is 29.3 Å². The first-order valence-electron chi connectivity index (χ1n) is 9.79. The van der Waals surface area contributed by atoms with Gasteiger partial charge >= 0.3 is 0 Å². The Morgan fingerprint density at radius 3 is 2.28 bits per heavy atom. The number of amides is 1. The minimum Gasteiger partial charge on any atom is -0.495 e. The van der Waals surface area contributed by atoms with Crippen LogP contribution in [0, 0.1) is 0 Å². The SMILES string of the molecule is COc1cc(NC(=O)C=Cc2ccc(OCc3ccccc3)c(OC)c2)c(OC)cc1Cl. The van der Waals surface area contributed by atoms with E-state index in [1.807, 2.05) is 42.5 Å². The third-order valence-electron chi connectivity index (χ3n) is 4.58. The van der Waals surface area contributed by atoms with Gasteiger partial charge in [0.15, 0.2) is 11.5 Å². The van der Waals surface area contributed by atoms with Gasteiger partial charge in [0.05, 0.1) is 32.0 Å². The highest BCUT2D eigenvalue weighted by atomic mass is 35.5. The van der Waals surface area contributed by atoms with Crippen molar-refractivity contribution in [3.05, 3.63) is 82.9 Å². The van der Waals surface area contributed by atoms with Crippen molar-refractivity contribution in [2.24, 2.45) is 0 Å². The van der Waals surface area contributed by atoms with E-state index in [0.717, 1.165) is 11.1 Å². The fourth-order valence-corrected chi connectivity index (χ4v) is 3.18. The maximum Gasteiger partial charge on any atom is 0.248 e. The fraction of sp³-hybridized carbons (Fsp3) is 0.160. The van der Waals surface area contributed by atoms with Crippen LogP contribution in [0.3, 0.4) is 0 Å². The quantitative estimate of drug-likeness (QED) is 0.427.